The number of alkyl halides is 1. The first-order chi connectivity index (χ1) is 11.7. The lowest BCUT2D eigenvalue weighted by molar-refractivity contribution is 0.498. The Morgan fingerprint density at radius 3 is 2.75 bits per heavy atom. The highest BCUT2D eigenvalue weighted by atomic mass is 35.5. The monoisotopic (exact) mass is 358 g/mol. The topological polar surface area (TPSA) is 67.6 Å². The van der Waals surface area contributed by atoms with Gasteiger partial charge in [-0.2, -0.15) is 0 Å². The summed E-state index contributed by atoms with van der Waals surface area (Å²) in [7, 11) is 0. The molecule has 0 fully saturated rings. The Morgan fingerprint density at radius 2 is 1.92 bits per heavy atom. The molecule has 1 atom stereocenters. The van der Waals surface area contributed by atoms with Gasteiger partial charge in [0.25, 0.3) is 0 Å². The van der Waals surface area contributed by atoms with E-state index < -0.39 is 5.38 Å². The van der Waals surface area contributed by atoms with Crippen LogP contribution in [0.4, 0.5) is 0 Å². The second-order valence-corrected chi connectivity index (χ2v) is 6.34. The van der Waals surface area contributed by atoms with Crippen molar-refractivity contribution in [3.05, 3.63) is 65.3 Å². The molecular formula is C17H12Cl2N4O. The number of rotatable bonds is 4. The first kappa shape index (κ1) is 15.2. The lowest BCUT2D eigenvalue weighted by atomic mass is 10.1. The van der Waals surface area contributed by atoms with Gasteiger partial charge in [0.05, 0.1) is 17.4 Å². The molecule has 2 heterocycles. The maximum atomic E-state index is 6.41. The molecule has 2 aromatic heterocycles. The van der Waals surface area contributed by atoms with Crippen molar-refractivity contribution >= 4 is 34.2 Å². The molecule has 2 aromatic carbocycles. The zero-order valence-corrected chi connectivity index (χ0v) is 13.9. The van der Waals surface area contributed by atoms with Crippen LogP contribution in [0.1, 0.15) is 16.8 Å². The molecule has 24 heavy (non-hydrogen) atoms. The van der Waals surface area contributed by atoms with Crippen molar-refractivity contribution in [1.82, 2.24) is 20.2 Å². The minimum absolute atomic E-state index is 0.392. The molecule has 1 unspecified atom stereocenters. The van der Waals surface area contributed by atoms with Crippen molar-refractivity contribution in [3.63, 3.8) is 0 Å². The van der Waals surface area contributed by atoms with E-state index in [0.29, 0.717) is 23.2 Å². The Bertz CT molecular complexity index is 978. The van der Waals surface area contributed by atoms with Gasteiger partial charge in [0.1, 0.15) is 5.38 Å². The van der Waals surface area contributed by atoms with Gasteiger partial charge in [-0.05, 0) is 42.3 Å². The van der Waals surface area contributed by atoms with E-state index in [4.69, 9.17) is 27.6 Å². The quantitative estimate of drug-likeness (QED) is 0.532. The molecule has 0 amide bonds. The molecule has 120 valence electrons. The molecule has 0 aliphatic carbocycles. The SMILES string of the molecule is Clc1ccc(CC(Cl)c2nnc(-c3ccc4[nH]cnc4c3)o2)cc1. The first-order valence-corrected chi connectivity index (χ1v) is 8.16. The minimum atomic E-state index is -0.401. The molecule has 0 radical (unpaired) electrons. The van der Waals surface area contributed by atoms with Crippen LogP contribution in [0.15, 0.2) is 53.2 Å². The summed E-state index contributed by atoms with van der Waals surface area (Å²) in [5, 5.41) is 8.46. The first-order valence-electron chi connectivity index (χ1n) is 7.34. The second-order valence-electron chi connectivity index (χ2n) is 5.38. The summed E-state index contributed by atoms with van der Waals surface area (Å²) in [4.78, 5) is 7.27. The number of benzene rings is 2. The third-order valence-corrected chi connectivity index (χ3v) is 4.30. The van der Waals surface area contributed by atoms with Gasteiger partial charge < -0.3 is 9.40 Å². The van der Waals surface area contributed by atoms with E-state index in [1.165, 1.54) is 0 Å². The van der Waals surface area contributed by atoms with Gasteiger partial charge in [-0.25, -0.2) is 4.98 Å². The number of halogens is 2. The summed E-state index contributed by atoms with van der Waals surface area (Å²) in [6.07, 6.45) is 2.23. The van der Waals surface area contributed by atoms with E-state index in [1.54, 1.807) is 6.33 Å². The van der Waals surface area contributed by atoms with E-state index in [9.17, 15) is 0 Å². The number of hydrogen-bond acceptors (Lipinski definition) is 4. The third kappa shape index (κ3) is 3.00. The van der Waals surface area contributed by atoms with Crippen LogP contribution in [0.25, 0.3) is 22.5 Å². The summed E-state index contributed by atoms with van der Waals surface area (Å²) < 4.78 is 5.73. The molecule has 0 bridgehead atoms. The van der Waals surface area contributed by atoms with E-state index in [0.717, 1.165) is 22.2 Å². The fourth-order valence-corrected chi connectivity index (χ4v) is 2.85. The van der Waals surface area contributed by atoms with Crippen LogP contribution >= 0.6 is 23.2 Å². The molecule has 5 nitrogen and oxygen atoms in total. The number of fused-ring (bicyclic) bond motifs is 1. The van der Waals surface area contributed by atoms with Crippen molar-refractivity contribution < 1.29 is 4.42 Å². The van der Waals surface area contributed by atoms with Gasteiger partial charge in [-0.3, -0.25) is 0 Å². The molecule has 0 spiro atoms. The van der Waals surface area contributed by atoms with Gasteiger partial charge in [0.2, 0.25) is 11.8 Å². The summed E-state index contributed by atoms with van der Waals surface area (Å²) in [6, 6.07) is 13.2. The molecule has 4 rings (SSSR count). The maximum absolute atomic E-state index is 6.41. The van der Waals surface area contributed by atoms with E-state index in [1.807, 2.05) is 42.5 Å². The normalized spacial score (nSPS) is 12.6. The average molecular weight is 359 g/mol. The predicted octanol–water partition coefficient (Wildman–Crippen LogP) is 4.79. The van der Waals surface area contributed by atoms with Crippen molar-refractivity contribution in [2.75, 3.05) is 0 Å². The number of hydrogen-bond donors (Lipinski definition) is 1. The third-order valence-electron chi connectivity index (χ3n) is 3.71. The van der Waals surface area contributed by atoms with Crippen molar-refractivity contribution in [3.8, 4) is 11.5 Å². The lowest BCUT2D eigenvalue weighted by Gasteiger charge is -2.05. The Labute approximate surface area is 147 Å². The van der Waals surface area contributed by atoms with Crippen LogP contribution in [-0.4, -0.2) is 20.2 Å². The summed E-state index contributed by atoms with van der Waals surface area (Å²) in [5.74, 6) is 0.820. The number of nitrogens with one attached hydrogen (secondary N) is 1. The van der Waals surface area contributed by atoms with Gasteiger partial charge in [0.15, 0.2) is 0 Å². The number of nitrogens with zero attached hydrogens (tertiary/aromatic N) is 3. The van der Waals surface area contributed by atoms with Crippen LogP contribution < -0.4 is 0 Å². The number of aromatic nitrogens is 4. The zero-order valence-electron chi connectivity index (χ0n) is 12.4. The van der Waals surface area contributed by atoms with Crippen LogP contribution in [-0.2, 0) is 6.42 Å². The highest BCUT2D eigenvalue weighted by molar-refractivity contribution is 6.30. The molecule has 0 saturated heterocycles. The molecule has 0 saturated carbocycles. The van der Waals surface area contributed by atoms with Gasteiger partial charge in [-0.15, -0.1) is 21.8 Å². The van der Waals surface area contributed by atoms with Crippen LogP contribution in [0.3, 0.4) is 0 Å². The number of aromatic amines is 1. The van der Waals surface area contributed by atoms with Crippen LogP contribution in [0.5, 0.6) is 0 Å². The molecule has 4 aromatic rings. The smallest absolute Gasteiger partial charge is 0.247 e. The Balaban J connectivity index is 1.56. The predicted molar refractivity (Wildman–Crippen MR) is 93.1 cm³/mol. The van der Waals surface area contributed by atoms with Crippen molar-refractivity contribution in [1.29, 1.82) is 0 Å². The highest BCUT2D eigenvalue weighted by Gasteiger charge is 2.18. The van der Waals surface area contributed by atoms with Crippen LogP contribution in [0, 0.1) is 0 Å². The fraction of sp³-hybridized carbons (Fsp3) is 0.118. The second kappa shape index (κ2) is 6.26. The van der Waals surface area contributed by atoms with E-state index in [-0.39, 0.29) is 0 Å². The Kier molecular flexibility index (Phi) is 3.96. The number of imidazole rings is 1. The standard InChI is InChI=1S/C17H12Cl2N4O/c18-12-4-1-10(2-5-12)7-13(19)17-23-22-16(24-17)11-3-6-14-15(8-11)21-9-20-14/h1-6,8-9,13H,7H2,(H,20,21). The van der Waals surface area contributed by atoms with E-state index in [2.05, 4.69) is 20.2 Å². The summed E-state index contributed by atoms with van der Waals surface area (Å²) >= 11 is 12.3. The van der Waals surface area contributed by atoms with Gasteiger partial charge >= 0.3 is 0 Å². The Hall–Kier alpha value is -2.37. The van der Waals surface area contributed by atoms with Crippen molar-refractivity contribution in [2.24, 2.45) is 0 Å². The largest absolute Gasteiger partial charge is 0.419 e. The minimum Gasteiger partial charge on any atom is -0.419 e. The number of H-pyrrole nitrogens is 1. The zero-order chi connectivity index (χ0) is 16.5. The molecule has 0 aliphatic rings. The maximum Gasteiger partial charge on any atom is 0.247 e. The molecular weight excluding hydrogens is 347 g/mol. The fourth-order valence-electron chi connectivity index (χ4n) is 2.46. The van der Waals surface area contributed by atoms with Crippen LogP contribution in [0.2, 0.25) is 5.02 Å². The molecule has 7 heteroatoms. The Morgan fingerprint density at radius 1 is 1.08 bits per heavy atom. The average Bonchev–Trinajstić information content (AvgIpc) is 3.25. The summed E-state index contributed by atoms with van der Waals surface area (Å²) in [5.41, 5.74) is 3.66. The summed E-state index contributed by atoms with van der Waals surface area (Å²) in [6.45, 7) is 0. The highest BCUT2D eigenvalue weighted by Crippen LogP contribution is 2.28. The van der Waals surface area contributed by atoms with Gasteiger partial charge in [0, 0.05) is 10.6 Å². The lowest BCUT2D eigenvalue weighted by Crippen LogP contribution is -1.96. The van der Waals surface area contributed by atoms with Crippen molar-refractivity contribution in [2.45, 2.75) is 11.8 Å². The van der Waals surface area contributed by atoms with E-state index >= 15 is 0 Å². The molecule has 1 N–H and O–H groups in total. The molecule has 0 aliphatic heterocycles. The van der Waals surface area contributed by atoms with Gasteiger partial charge in [-0.1, -0.05) is 23.7 Å².